The van der Waals surface area contributed by atoms with Crippen molar-refractivity contribution >= 4 is 35.4 Å². The molecule has 0 radical (unpaired) electrons. The molecule has 1 aromatic heterocycles. The third-order valence-corrected chi connectivity index (χ3v) is 8.70. The number of carbonyl (C=O) groups is 6. The normalized spacial score (nSPS) is 25.1. The molecule has 0 unspecified atom stereocenters. The van der Waals surface area contributed by atoms with Crippen molar-refractivity contribution in [2.75, 3.05) is 13.1 Å². The van der Waals surface area contributed by atoms with Crippen LogP contribution in [-0.2, 0) is 30.4 Å². The molecule has 4 rings (SSSR count). The maximum absolute atomic E-state index is 14.3. The van der Waals surface area contributed by atoms with Crippen LogP contribution in [0.15, 0.2) is 42.6 Å². The zero-order valence-electron chi connectivity index (χ0n) is 27.9. The highest BCUT2D eigenvalue weighted by atomic mass is 19.1. The summed E-state index contributed by atoms with van der Waals surface area (Å²) in [6.45, 7) is 3.33. The third kappa shape index (κ3) is 9.80. The summed E-state index contributed by atoms with van der Waals surface area (Å²) >= 11 is 0. The van der Waals surface area contributed by atoms with E-state index in [0.29, 0.717) is 31.5 Å². The van der Waals surface area contributed by atoms with E-state index >= 15 is 0 Å². The molecule has 0 saturated carbocycles. The highest BCUT2D eigenvalue weighted by Gasteiger charge is 2.39. The van der Waals surface area contributed by atoms with E-state index in [9.17, 15) is 42.7 Å². The minimum absolute atomic E-state index is 0.00220. The van der Waals surface area contributed by atoms with E-state index in [1.54, 1.807) is 37.3 Å². The summed E-state index contributed by atoms with van der Waals surface area (Å²) in [7, 11) is 0. The SMILES string of the molecule is CC[C@@H]1NC(=O)[C@@H](NC(=O)c2ncc(F)cc2F)CCCCNC(=O)[C@@H]2CCCN2C(=O)[C@@H](Cc2ccccc2)NC(=O)[C@H]([C@@H](C)O)NC1=O. The van der Waals surface area contributed by atoms with Gasteiger partial charge in [-0.3, -0.25) is 28.8 Å². The fraction of sp³-hybridized carbons (Fsp3) is 0.500. The number of rotatable bonds is 6. The summed E-state index contributed by atoms with van der Waals surface area (Å²) < 4.78 is 27.7. The van der Waals surface area contributed by atoms with E-state index in [1.165, 1.54) is 11.8 Å². The average Bonchev–Trinajstić information content (AvgIpc) is 3.58. The van der Waals surface area contributed by atoms with Crippen molar-refractivity contribution in [2.45, 2.75) is 95.1 Å². The number of amides is 6. The van der Waals surface area contributed by atoms with Gasteiger partial charge >= 0.3 is 0 Å². The number of nitrogens with zero attached hydrogens (tertiary/aromatic N) is 2. The van der Waals surface area contributed by atoms with Gasteiger partial charge < -0.3 is 36.6 Å². The number of aromatic nitrogens is 1. The summed E-state index contributed by atoms with van der Waals surface area (Å²) in [6, 6.07) is 3.41. The highest BCUT2D eigenvalue weighted by molar-refractivity contribution is 5.98. The fourth-order valence-electron chi connectivity index (χ4n) is 5.98. The molecule has 2 aromatic rings. The molecule has 3 heterocycles. The number of nitrogens with one attached hydrogen (secondary N) is 5. The number of hydrogen-bond acceptors (Lipinski definition) is 8. The van der Waals surface area contributed by atoms with Crippen molar-refractivity contribution in [3.8, 4) is 0 Å². The molecular weight excluding hydrogens is 656 g/mol. The van der Waals surface area contributed by atoms with Crippen molar-refractivity contribution in [2.24, 2.45) is 0 Å². The Labute approximate surface area is 288 Å². The summed E-state index contributed by atoms with van der Waals surface area (Å²) in [5, 5.41) is 23.4. The van der Waals surface area contributed by atoms with Gasteiger partial charge in [-0.1, -0.05) is 37.3 Å². The summed E-state index contributed by atoms with van der Waals surface area (Å²) in [6.07, 6.45) is 0.948. The van der Waals surface area contributed by atoms with E-state index in [4.69, 9.17) is 0 Å². The first-order chi connectivity index (χ1) is 23.9. The number of fused-ring (bicyclic) bond motifs is 1. The molecule has 16 heteroatoms. The minimum atomic E-state index is -1.54. The quantitative estimate of drug-likeness (QED) is 0.246. The van der Waals surface area contributed by atoms with E-state index in [0.717, 1.165) is 5.56 Å². The van der Waals surface area contributed by atoms with Gasteiger partial charge in [0.2, 0.25) is 29.5 Å². The molecular formula is C34H43F2N7O7. The Balaban J connectivity index is 1.62. The number of aliphatic hydroxyl groups excluding tert-OH is 1. The molecule has 6 N–H and O–H groups in total. The van der Waals surface area contributed by atoms with Gasteiger partial charge in [-0.25, -0.2) is 13.8 Å². The number of halogens is 2. The molecule has 270 valence electrons. The van der Waals surface area contributed by atoms with Crippen LogP contribution in [0, 0.1) is 11.6 Å². The fourth-order valence-corrected chi connectivity index (χ4v) is 5.98. The summed E-state index contributed by atoms with van der Waals surface area (Å²) in [5.74, 6) is -6.69. The second kappa shape index (κ2) is 17.6. The Kier molecular flexibility index (Phi) is 13.3. The van der Waals surface area contributed by atoms with Crippen LogP contribution in [0.3, 0.4) is 0 Å². The van der Waals surface area contributed by atoms with Crippen LogP contribution in [0.5, 0.6) is 0 Å². The van der Waals surface area contributed by atoms with Crippen molar-refractivity contribution in [3.05, 3.63) is 65.5 Å². The molecule has 6 atom stereocenters. The molecule has 2 saturated heterocycles. The predicted octanol–water partition coefficient (Wildman–Crippen LogP) is 0.237. The van der Waals surface area contributed by atoms with E-state index in [-0.39, 0.29) is 44.7 Å². The maximum atomic E-state index is 14.3. The van der Waals surface area contributed by atoms with Crippen LogP contribution in [0.1, 0.15) is 68.4 Å². The van der Waals surface area contributed by atoms with Crippen molar-refractivity contribution in [3.63, 3.8) is 0 Å². The molecule has 1 aromatic carbocycles. The summed E-state index contributed by atoms with van der Waals surface area (Å²) in [5.41, 5.74) is -0.00508. The smallest absolute Gasteiger partial charge is 0.273 e. The van der Waals surface area contributed by atoms with Gasteiger partial charge in [0.1, 0.15) is 36.0 Å². The molecule has 2 aliphatic rings. The van der Waals surface area contributed by atoms with Crippen molar-refractivity contribution < 1.29 is 42.7 Å². The van der Waals surface area contributed by atoms with Crippen molar-refractivity contribution in [1.82, 2.24) is 36.5 Å². The zero-order valence-corrected chi connectivity index (χ0v) is 27.9. The number of benzene rings is 1. The molecule has 0 aliphatic carbocycles. The van der Waals surface area contributed by atoms with Gasteiger partial charge in [0, 0.05) is 25.6 Å². The Morgan fingerprint density at radius 3 is 2.36 bits per heavy atom. The first kappa shape index (κ1) is 37.8. The zero-order chi connectivity index (χ0) is 36.4. The van der Waals surface area contributed by atoms with Gasteiger partial charge in [0.05, 0.1) is 12.3 Å². The van der Waals surface area contributed by atoms with E-state index in [1.807, 2.05) is 0 Å². The lowest BCUT2D eigenvalue weighted by atomic mass is 10.0. The molecule has 6 amide bonds. The lowest BCUT2D eigenvalue weighted by Crippen LogP contribution is -2.61. The van der Waals surface area contributed by atoms with Crippen LogP contribution in [0.4, 0.5) is 8.78 Å². The van der Waals surface area contributed by atoms with Gasteiger partial charge in [-0.15, -0.1) is 0 Å². The van der Waals surface area contributed by atoms with Crippen LogP contribution < -0.4 is 26.6 Å². The Bertz CT molecular complexity index is 1560. The minimum Gasteiger partial charge on any atom is -0.391 e. The Morgan fingerprint density at radius 1 is 0.960 bits per heavy atom. The van der Waals surface area contributed by atoms with Crippen LogP contribution in [-0.4, -0.2) is 99.8 Å². The number of hydrogen-bond donors (Lipinski definition) is 6. The van der Waals surface area contributed by atoms with Gasteiger partial charge in [-0.2, -0.15) is 0 Å². The van der Waals surface area contributed by atoms with Gasteiger partial charge in [0.25, 0.3) is 5.91 Å². The topological polar surface area (TPSA) is 199 Å². The standard InChI is InChI=1S/C34H43F2N7O7/c1-3-23-29(45)42-27(19(2)44)32(48)41-25(16-20-10-5-4-6-11-20)34(50)43-15-9-13-26(43)31(47)37-14-8-7-12-24(30(46)39-23)40-33(49)28-22(36)17-21(35)18-38-28/h4-6,10-11,17-19,23-27,44H,3,7-9,12-16H2,1-2H3,(H,37,47)(H,39,46)(H,40,49)(H,41,48)(H,42,45)/t19-,23+,24+,25-,26+,27+/m1/s1. The predicted molar refractivity (Wildman–Crippen MR) is 175 cm³/mol. The second-order valence-electron chi connectivity index (χ2n) is 12.4. The van der Waals surface area contributed by atoms with Gasteiger partial charge in [0.15, 0.2) is 11.5 Å². The monoisotopic (exact) mass is 699 g/mol. The van der Waals surface area contributed by atoms with Gasteiger partial charge in [-0.05, 0) is 51.0 Å². The number of carbonyl (C=O) groups excluding carboxylic acids is 6. The lowest BCUT2D eigenvalue weighted by molar-refractivity contribution is -0.142. The maximum Gasteiger partial charge on any atom is 0.273 e. The largest absolute Gasteiger partial charge is 0.391 e. The molecule has 0 spiro atoms. The lowest BCUT2D eigenvalue weighted by Gasteiger charge is -2.30. The van der Waals surface area contributed by atoms with E-state index in [2.05, 4.69) is 31.6 Å². The van der Waals surface area contributed by atoms with E-state index < -0.39 is 83.2 Å². The average molecular weight is 700 g/mol. The molecule has 2 aliphatic heterocycles. The molecule has 50 heavy (non-hydrogen) atoms. The van der Waals surface area contributed by atoms with Crippen LogP contribution in [0.25, 0.3) is 0 Å². The second-order valence-corrected chi connectivity index (χ2v) is 12.4. The first-order valence-corrected chi connectivity index (χ1v) is 16.7. The molecule has 14 nitrogen and oxygen atoms in total. The van der Waals surface area contributed by atoms with Crippen molar-refractivity contribution in [1.29, 1.82) is 0 Å². The first-order valence-electron chi connectivity index (χ1n) is 16.7. The Hall–Kier alpha value is -4.99. The molecule has 0 bridgehead atoms. The summed E-state index contributed by atoms with van der Waals surface area (Å²) in [4.78, 5) is 85.5. The Morgan fingerprint density at radius 2 is 1.68 bits per heavy atom. The highest BCUT2D eigenvalue weighted by Crippen LogP contribution is 2.20. The number of pyridine rings is 1. The third-order valence-electron chi connectivity index (χ3n) is 8.70. The van der Waals surface area contributed by atoms with Crippen LogP contribution in [0.2, 0.25) is 0 Å². The van der Waals surface area contributed by atoms with Crippen LogP contribution >= 0.6 is 0 Å². The molecule has 2 fully saturated rings. The number of aliphatic hydroxyl groups is 1.